The molecule has 0 aromatic carbocycles. The second kappa shape index (κ2) is 8.45. The van der Waals surface area contributed by atoms with Crippen LogP contribution in [0.3, 0.4) is 0 Å². The maximum atomic E-state index is 11.7. The Kier molecular flexibility index (Phi) is 6.90. The molecule has 1 aromatic rings. The Labute approximate surface area is 119 Å². The predicted molar refractivity (Wildman–Crippen MR) is 74.1 cm³/mol. The molecule has 0 unspecified atom stereocenters. The lowest BCUT2D eigenvalue weighted by molar-refractivity contribution is -0.144. The number of carbonyl (C=O) groups is 2. The average molecular weight is 281 g/mol. The van der Waals surface area contributed by atoms with E-state index >= 15 is 0 Å². The summed E-state index contributed by atoms with van der Waals surface area (Å²) in [5, 5.41) is 4.15. The molecule has 0 fully saturated rings. The monoisotopic (exact) mass is 281 g/mol. The van der Waals surface area contributed by atoms with Crippen LogP contribution in [0.4, 0.5) is 0 Å². The van der Waals surface area contributed by atoms with E-state index in [9.17, 15) is 9.59 Å². The van der Waals surface area contributed by atoms with Crippen LogP contribution < -0.4 is 0 Å². The number of hydrogen-bond acceptors (Lipinski definition) is 5. The van der Waals surface area contributed by atoms with Gasteiger partial charge in [0.2, 0.25) is 0 Å². The number of esters is 1. The van der Waals surface area contributed by atoms with Crippen molar-refractivity contribution in [3.8, 4) is 0 Å². The van der Waals surface area contributed by atoms with Crippen molar-refractivity contribution in [1.82, 2.24) is 14.8 Å². The summed E-state index contributed by atoms with van der Waals surface area (Å²) < 4.78 is 6.62. The van der Waals surface area contributed by atoms with Gasteiger partial charge in [-0.25, -0.2) is 9.67 Å². The molecule has 6 heteroatoms. The van der Waals surface area contributed by atoms with Gasteiger partial charge in [0.1, 0.15) is 17.9 Å². The van der Waals surface area contributed by atoms with E-state index in [-0.39, 0.29) is 24.6 Å². The Morgan fingerprint density at radius 1 is 1.30 bits per heavy atom. The lowest BCUT2D eigenvalue weighted by Crippen LogP contribution is -2.12. The molecule has 20 heavy (non-hydrogen) atoms. The van der Waals surface area contributed by atoms with Crippen LogP contribution in [-0.4, -0.2) is 33.1 Å². The fourth-order valence-corrected chi connectivity index (χ4v) is 1.83. The third-order valence-electron chi connectivity index (χ3n) is 2.77. The summed E-state index contributed by atoms with van der Waals surface area (Å²) >= 11 is 0. The highest BCUT2D eigenvalue weighted by Crippen LogP contribution is 2.06. The quantitative estimate of drug-likeness (QED) is 0.645. The summed E-state index contributed by atoms with van der Waals surface area (Å²) in [4.78, 5) is 27.0. The molecule has 0 saturated heterocycles. The minimum atomic E-state index is -0.316. The van der Waals surface area contributed by atoms with Crippen molar-refractivity contribution in [3.63, 3.8) is 0 Å². The number of hydrogen-bond donors (Lipinski definition) is 0. The van der Waals surface area contributed by atoms with E-state index in [0.717, 1.165) is 12.4 Å². The van der Waals surface area contributed by atoms with E-state index in [1.807, 2.05) is 4.68 Å². The summed E-state index contributed by atoms with van der Waals surface area (Å²) in [7, 11) is 0. The van der Waals surface area contributed by atoms with Crippen LogP contribution in [0.15, 0.2) is 6.33 Å². The van der Waals surface area contributed by atoms with E-state index in [2.05, 4.69) is 23.9 Å². The highest BCUT2D eigenvalue weighted by Gasteiger charge is 2.11. The number of carbonyl (C=O) groups excluding carboxylic acids is 2. The maximum Gasteiger partial charge on any atom is 0.306 e. The molecule has 0 saturated carbocycles. The molecule has 0 amide bonds. The van der Waals surface area contributed by atoms with Crippen LogP contribution >= 0.6 is 0 Å². The van der Waals surface area contributed by atoms with E-state index in [0.29, 0.717) is 25.4 Å². The first-order valence-corrected chi connectivity index (χ1v) is 7.07. The molecule has 0 spiro atoms. The Bertz CT molecular complexity index is 441. The van der Waals surface area contributed by atoms with Gasteiger partial charge in [-0.3, -0.25) is 9.59 Å². The number of aryl methyl sites for hydroxylation is 1. The molecule has 0 aliphatic heterocycles. The molecule has 1 heterocycles. The van der Waals surface area contributed by atoms with Crippen LogP contribution in [0.1, 0.15) is 45.9 Å². The number of aromatic nitrogens is 3. The van der Waals surface area contributed by atoms with Crippen molar-refractivity contribution >= 4 is 11.8 Å². The second-order valence-corrected chi connectivity index (χ2v) is 5.10. The van der Waals surface area contributed by atoms with Crippen LogP contribution in [0.25, 0.3) is 0 Å². The van der Waals surface area contributed by atoms with Gasteiger partial charge in [0.15, 0.2) is 0 Å². The van der Waals surface area contributed by atoms with Gasteiger partial charge in [0, 0.05) is 25.8 Å². The minimum absolute atomic E-state index is 0.0529. The van der Waals surface area contributed by atoms with Gasteiger partial charge < -0.3 is 4.74 Å². The molecule has 1 aromatic heterocycles. The van der Waals surface area contributed by atoms with Gasteiger partial charge in [-0.05, 0) is 12.8 Å². The molecular weight excluding hydrogens is 258 g/mol. The summed E-state index contributed by atoms with van der Waals surface area (Å²) in [6, 6.07) is 0. The van der Waals surface area contributed by atoms with Crippen molar-refractivity contribution in [1.29, 1.82) is 0 Å². The van der Waals surface area contributed by atoms with Gasteiger partial charge in [0.05, 0.1) is 13.0 Å². The third-order valence-corrected chi connectivity index (χ3v) is 2.77. The lowest BCUT2D eigenvalue weighted by Gasteiger charge is -2.08. The maximum absolute atomic E-state index is 11.7. The number of rotatable bonds is 9. The molecule has 0 aliphatic carbocycles. The summed E-state index contributed by atoms with van der Waals surface area (Å²) in [6.45, 7) is 7.12. The molecular formula is C14H23N3O3. The summed E-state index contributed by atoms with van der Waals surface area (Å²) in [6.07, 6.45) is 2.86. The smallest absolute Gasteiger partial charge is 0.306 e. The van der Waals surface area contributed by atoms with E-state index in [1.54, 1.807) is 6.92 Å². The van der Waals surface area contributed by atoms with Gasteiger partial charge in [-0.15, -0.1) is 0 Å². The largest absolute Gasteiger partial charge is 0.466 e. The molecule has 1 rings (SSSR count). The van der Waals surface area contributed by atoms with E-state index in [1.165, 1.54) is 6.33 Å². The zero-order chi connectivity index (χ0) is 15.0. The average Bonchev–Trinajstić information content (AvgIpc) is 2.81. The van der Waals surface area contributed by atoms with Crippen LogP contribution in [0, 0.1) is 5.92 Å². The molecule has 112 valence electrons. The number of ether oxygens (including phenoxy) is 1. The normalized spacial score (nSPS) is 10.8. The fraction of sp³-hybridized carbons (Fsp3) is 0.714. The van der Waals surface area contributed by atoms with E-state index < -0.39 is 0 Å². The summed E-state index contributed by atoms with van der Waals surface area (Å²) in [5.74, 6) is 1.04. The van der Waals surface area contributed by atoms with E-state index in [4.69, 9.17) is 4.74 Å². The second-order valence-electron chi connectivity index (χ2n) is 5.10. The Hall–Kier alpha value is -1.72. The molecule has 0 atom stereocenters. The van der Waals surface area contributed by atoms with Crippen molar-refractivity contribution in [2.24, 2.45) is 5.92 Å². The number of Topliss-reactive ketones (excluding diaryl/α,β-unsaturated/α-hetero) is 1. The zero-order valence-electron chi connectivity index (χ0n) is 12.5. The standard InChI is InChI=1S/C14H23N3O3/c1-4-20-14(19)8-6-12(18)5-7-13-15-10-16-17(13)9-11(2)3/h10-11H,4-9H2,1-3H3. The molecule has 6 nitrogen and oxygen atoms in total. The Balaban J connectivity index is 2.34. The highest BCUT2D eigenvalue weighted by atomic mass is 16.5. The van der Waals surface area contributed by atoms with Crippen molar-refractivity contribution in [3.05, 3.63) is 12.2 Å². The first-order valence-electron chi connectivity index (χ1n) is 7.07. The Morgan fingerprint density at radius 2 is 2.05 bits per heavy atom. The predicted octanol–water partition coefficient (Wildman–Crippen LogP) is 1.78. The first kappa shape index (κ1) is 16.3. The zero-order valence-corrected chi connectivity index (χ0v) is 12.5. The lowest BCUT2D eigenvalue weighted by atomic mass is 10.1. The molecule has 0 bridgehead atoms. The van der Waals surface area contributed by atoms with Crippen LogP contribution in [0.2, 0.25) is 0 Å². The Morgan fingerprint density at radius 3 is 2.70 bits per heavy atom. The molecule has 0 radical (unpaired) electrons. The van der Waals surface area contributed by atoms with Gasteiger partial charge in [-0.2, -0.15) is 5.10 Å². The number of nitrogens with zero attached hydrogens (tertiary/aromatic N) is 3. The molecule has 0 aliphatic rings. The van der Waals surface area contributed by atoms with Gasteiger partial charge >= 0.3 is 5.97 Å². The molecule has 0 N–H and O–H groups in total. The minimum Gasteiger partial charge on any atom is -0.466 e. The van der Waals surface area contributed by atoms with Crippen molar-refractivity contribution in [2.45, 2.75) is 53.0 Å². The number of ketones is 1. The third kappa shape index (κ3) is 5.95. The summed E-state index contributed by atoms with van der Waals surface area (Å²) in [5.41, 5.74) is 0. The fourth-order valence-electron chi connectivity index (χ4n) is 1.83. The van der Waals surface area contributed by atoms with Crippen LogP contribution in [-0.2, 0) is 27.3 Å². The topological polar surface area (TPSA) is 74.1 Å². The van der Waals surface area contributed by atoms with Crippen LogP contribution in [0.5, 0.6) is 0 Å². The SMILES string of the molecule is CCOC(=O)CCC(=O)CCc1ncnn1CC(C)C. The van der Waals surface area contributed by atoms with Crippen molar-refractivity contribution < 1.29 is 14.3 Å². The van der Waals surface area contributed by atoms with Crippen molar-refractivity contribution in [2.75, 3.05) is 6.61 Å². The highest BCUT2D eigenvalue weighted by molar-refractivity contribution is 5.82. The van der Waals surface area contributed by atoms with Gasteiger partial charge in [0.25, 0.3) is 0 Å². The first-order chi connectivity index (χ1) is 9.52. The van der Waals surface area contributed by atoms with Gasteiger partial charge in [-0.1, -0.05) is 13.8 Å².